The van der Waals surface area contributed by atoms with Crippen LogP contribution in [0.3, 0.4) is 0 Å². The summed E-state index contributed by atoms with van der Waals surface area (Å²) in [5.41, 5.74) is 0.766. The lowest BCUT2D eigenvalue weighted by atomic mass is 10.2. The summed E-state index contributed by atoms with van der Waals surface area (Å²) in [6.07, 6.45) is 3.36. The summed E-state index contributed by atoms with van der Waals surface area (Å²) in [4.78, 5) is 18.9. The van der Waals surface area contributed by atoms with Gasteiger partial charge in [-0.05, 0) is 18.4 Å². The number of nitrogens with zero attached hydrogens (tertiary/aromatic N) is 7. The van der Waals surface area contributed by atoms with Gasteiger partial charge in [0.1, 0.15) is 12.1 Å². The summed E-state index contributed by atoms with van der Waals surface area (Å²) >= 11 is 1.61. The first-order chi connectivity index (χ1) is 13.3. The molecule has 138 valence electrons. The van der Waals surface area contributed by atoms with Crippen molar-refractivity contribution >= 4 is 28.2 Å². The van der Waals surface area contributed by atoms with Crippen LogP contribution in [0.5, 0.6) is 0 Å². The molecule has 1 aliphatic heterocycles. The molecule has 1 aliphatic rings. The number of aromatic amines is 1. The molecule has 1 atom stereocenters. The third-order valence-electron chi connectivity index (χ3n) is 4.93. The topological polar surface area (TPSA) is 99.9 Å². The van der Waals surface area contributed by atoms with Crippen LogP contribution in [0.2, 0.25) is 0 Å². The Balaban J connectivity index is 1.28. The molecule has 1 unspecified atom stereocenters. The van der Waals surface area contributed by atoms with Crippen molar-refractivity contribution in [2.45, 2.75) is 13.0 Å². The molecule has 10 heteroatoms. The number of nitrogens with one attached hydrogen (secondary N) is 1. The van der Waals surface area contributed by atoms with Crippen molar-refractivity contribution in [1.82, 2.24) is 35.2 Å². The fourth-order valence-electron chi connectivity index (χ4n) is 3.39. The fourth-order valence-corrected chi connectivity index (χ4v) is 4.04. The highest BCUT2D eigenvalue weighted by atomic mass is 32.1. The van der Waals surface area contributed by atoms with E-state index in [0.717, 1.165) is 47.9 Å². The molecule has 27 heavy (non-hydrogen) atoms. The maximum Gasteiger partial charge on any atom is 0.244 e. The Hall–Kier alpha value is -2.85. The number of H-pyrrole nitrogens is 1. The Bertz CT molecular complexity index is 1030. The van der Waals surface area contributed by atoms with Crippen molar-refractivity contribution in [3.63, 3.8) is 0 Å². The van der Waals surface area contributed by atoms with E-state index in [9.17, 15) is 0 Å². The normalized spacial score (nSPS) is 16.9. The summed E-state index contributed by atoms with van der Waals surface area (Å²) < 4.78 is 5.52. The average molecular weight is 382 g/mol. The lowest BCUT2D eigenvalue weighted by Gasteiger charge is -2.37. The Morgan fingerprint density at radius 1 is 1.22 bits per heavy atom. The molecule has 0 amide bonds. The second-order valence-corrected chi connectivity index (χ2v) is 7.41. The summed E-state index contributed by atoms with van der Waals surface area (Å²) in [5, 5.41) is 14.1. The number of hydrogen-bond acceptors (Lipinski definition) is 9. The first-order valence-electron chi connectivity index (χ1n) is 8.80. The smallest absolute Gasteiger partial charge is 0.244 e. The van der Waals surface area contributed by atoms with E-state index in [1.165, 1.54) is 0 Å². The Morgan fingerprint density at radius 3 is 2.93 bits per heavy atom. The minimum absolute atomic E-state index is 0.0766. The molecule has 0 radical (unpaired) electrons. The van der Waals surface area contributed by atoms with Crippen LogP contribution in [0.25, 0.3) is 21.7 Å². The van der Waals surface area contributed by atoms with Crippen LogP contribution < -0.4 is 4.90 Å². The van der Waals surface area contributed by atoms with Crippen molar-refractivity contribution in [3.05, 3.63) is 35.9 Å². The molecule has 1 fully saturated rings. The summed E-state index contributed by atoms with van der Waals surface area (Å²) in [7, 11) is 0. The Kier molecular flexibility index (Phi) is 4.06. The van der Waals surface area contributed by atoms with Crippen LogP contribution >= 0.6 is 11.3 Å². The minimum atomic E-state index is 0.0766. The summed E-state index contributed by atoms with van der Waals surface area (Å²) in [5.74, 6) is 2.25. The van der Waals surface area contributed by atoms with Crippen molar-refractivity contribution in [2.75, 3.05) is 31.1 Å². The summed E-state index contributed by atoms with van der Waals surface area (Å²) in [6, 6.07) is 4.07. The highest BCUT2D eigenvalue weighted by Crippen LogP contribution is 2.27. The van der Waals surface area contributed by atoms with Gasteiger partial charge in [0.05, 0.1) is 22.5 Å². The first kappa shape index (κ1) is 16.3. The number of aromatic nitrogens is 6. The molecular weight excluding hydrogens is 364 g/mol. The number of thiophene rings is 1. The van der Waals surface area contributed by atoms with E-state index in [1.54, 1.807) is 23.9 Å². The predicted octanol–water partition coefficient (Wildman–Crippen LogP) is 2.35. The van der Waals surface area contributed by atoms with Crippen LogP contribution in [0.15, 0.2) is 34.6 Å². The molecular formula is C17H18N8OS. The van der Waals surface area contributed by atoms with Crippen molar-refractivity contribution in [3.8, 4) is 10.7 Å². The molecule has 0 spiro atoms. The standard InChI is InChI=1S/C17H18N8OS/c1-11(17-21-15(23-26-17)13-3-2-8-27-13)24-4-6-25(7-5-24)16-12-9-20-22-14(12)18-10-19-16/h2-3,8-11H,4-7H2,1H3,(H,18,19,20,22). The molecule has 5 heterocycles. The molecule has 0 aromatic carbocycles. The van der Waals surface area contributed by atoms with E-state index >= 15 is 0 Å². The van der Waals surface area contributed by atoms with Crippen LogP contribution in [-0.4, -0.2) is 61.4 Å². The number of hydrogen-bond donors (Lipinski definition) is 1. The van der Waals surface area contributed by atoms with Crippen molar-refractivity contribution in [1.29, 1.82) is 0 Å². The molecule has 0 saturated carbocycles. The summed E-state index contributed by atoms with van der Waals surface area (Å²) in [6.45, 7) is 5.63. The molecule has 1 N–H and O–H groups in total. The molecule has 0 aliphatic carbocycles. The van der Waals surface area contributed by atoms with E-state index in [0.29, 0.717) is 11.7 Å². The van der Waals surface area contributed by atoms with E-state index in [4.69, 9.17) is 4.52 Å². The molecule has 4 aromatic heterocycles. The monoisotopic (exact) mass is 382 g/mol. The van der Waals surface area contributed by atoms with Gasteiger partial charge < -0.3 is 9.42 Å². The van der Waals surface area contributed by atoms with Gasteiger partial charge in [0.2, 0.25) is 11.7 Å². The van der Waals surface area contributed by atoms with E-state index < -0.39 is 0 Å². The molecule has 4 aromatic rings. The molecule has 0 bridgehead atoms. The third-order valence-corrected chi connectivity index (χ3v) is 5.79. The lowest BCUT2D eigenvalue weighted by Crippen LogP contribution is -2.47. The number of fused-ring (bicyclic) bond motifs is 1. The van der Waals surface area contributed by atoms with Crippen molar-refractivity contribution in [2.24, 2.45) is 0 Å². The van der Waals surface area contributed by atoms with Gasteiger partial charge in [0.15, 0.2) is 5.65 Å². The van der Waals surface area contributed by atoms with Gasteiger partial charge in [0, 0.05) is 26.2 Å². The van der Waals surface area contributed by atoms with Gasteiger partial charge in [-0.15, -0.1) is 11.3 Å². The van der Waals surface area contributed by atoms with Gasteiger partial charge in [0.25, 0.3) is 0 Å². The maximum absolute atomic E-state index is 5.52. The van der Waals surface area contributed by atoms with E-state index in [-0.39, 0.29) is 6.04 Å². The van der Waals surface area contributed by atoms with Gasteiger partial charge in [-0.2, -0.15) is 10.1 Å². The third kappa shape index (κ3) is 2.96. The number of piperazine rings is 1. The van der Waals surface area contributed by atoms with Crippen molar-refractivity contribution < 1.29 is 4.52 Å². The van der Waals surface area contributed by atoms with Crippen LogP contribution in [0, 0.1) is 0 Å². The predicted molar refractivity (Wildman–Crippen MR) is 101 cm³/mol. The van der Waals surface area contributed by atoms with Crippen LogP contribution in [0.4, 0.5) is 5.82 Å². The molecule has 5 rings (SSSR count). The lowest BCUT2D eigenvalue weighted by molar-refractivity contribution is 0.164. The van der Waals surface area contributed by atoms with Gasteiger partial charge in [-0.1, -0.05) is 11.2 Å². The fraction of sp³-hybridized carbons (Fsp3) is 0.353. The highest BCUT2D eigenvalue weighted by molar-refractivity contribution is 7.13. The van der Waals surface area contributed by atoms with E-state index in [1.807, 2.05) is 17.5 Å². The quantitative estimate of drug-likeness (QED) is 0.574. The zero-order valence-electron chi connectivity index (χ0n) is 14.7. The molecule has 1 saturated heterocycles. The van der Waals surface area contributed by atoms with Gasteiger partial charge in [-0.25, -0.2) is 9.97 Å². The zero-order chi connectivity index (χ0) is 18.2. The highest BCUT2D eigenvalue weighted by Gasteiger charge is 2.27. The molecule has 9 nitrogen and oxygen atoms in total. The largest absolute Gasteiger partial charge is 0.353 e. The Labute approximate surface area is 159 Å². The zero-order valence-corrected chi connectivity index (χ0v) is 15.6. The maximum atomic E-state index is 5.52. The second-order valence-electron chi connectivity index (χ2n) is 6.46. The number of anilines is 1. The Morgan fingerprint density at radius 2 is 2.11 bits per heavy atom. The number of rotatable bonds is 4. The second kappa shape index (κ2) is 6.71. The minimum Gasteiger partial charge on any atom is -0.353 e. The SMILES string of the molecule is CC(c1nc(-c2cccs2)no1)N1CCN(c2ncnc3[nH]ncc23)CC1. The van der Waals surface area contributed by atoms with Gasteiger partial charge in [-0.3, -0.25) is 10.00 Å². The van der Waals surface area contributed by atoms with Crippen LogP contribution in [-0.2, 0) is 0 Å². The average Bonchev–Trinajstić information content (AvgIpc) is 3.48. The van der Waals surface area contributed by atoms with Crippen LogP contribution in [0.1, 0.15) is 18.9 Å². The first-order valence-corrected chi connectivity index (χ1v) is 9.68. The van der Waals surface area contributed by atoms with E-state index in [2.05, 4.69) is 47.0 Å². The van der Waals surface area contributed by atoms with Gasteiger partial charge >= 0.3 is 0 Å².